The van der Waals surface area contributed by atoms with Crippen LogP contribution < -0.4 is 10.1 Å². The highest BCUT2D eigenvalue weighted by atomic mass is 16.5. The molecule has 0 saturated carbocycles. The Morgan fingerprint density at radius 3 is 2.65 bits per heavy atom. The molecule has 1 N–H and O–H groups in total. The first-order chi connectivity index (χ1) is 8.33. The first kappa shape index (κ1) is 14.0. The minimum absolute atomic E-state index is 0.286. The molecule has 0 spiro atoms. The van der Waals surface area contributed by atoms with E-state index in [9.17, 15) is 0 Å². The summed E-state index contributed by atoms with van der Waals surface area (Å²) in [6, 6.07) is 9.82. The third kappa shape index (κ3) is 6.97. The molecular formula is C14H23NO2. The summed E-state index contributed by atoms with van der Waals surface area (Å²) in [7, 11) is 0. The summed E-state index contributed by atoms with van der Waals surface area (Å²) in [5.41, 5.74) is 0. The van der Waals surface area contributed by atoms with E-state index < -0.39 is 0 Å². The van der Waals surface area contributed by atoms with Crippen LogP contribution in [-0.4, -0.2) is 32.4 Å². The van der Waals surface area contributed by atoms with Crippen LogP contribution in [0.25, 0.3) is 0 Å². The van der Waals surface area contributed by atoms with Crippen molar-refractivity contribution in [2.75, 3.05) is 26.3 Å². The monoisotopic (exact) mass is 237 g/mol. The fourth-order valence-electron chi connectivity index (χ4n) is 1.49. The maximum absolute atomic E-state index is 5.65. The first-order valence-corrected chi connectivity index (χ1v) is 6.33. The lowest BCUT2D eigenvalue weighted by Crippen LogP contribution is -2.21. The Bertz CT molecular complexity index is 277. The SMILES string of the molecule is CCNCCC(C)OCCOc1ccccc1. The van der Waals surface area contributed by atoms with Gasteiger partial charge in [0, 0.05) is 0 Å². The van der Waals surface area contributed by atoms with Crippen LogP contribution in [0.4, 0.5) is 0 Å². The first-order valence-electron chi connectivity index (χ1n) is 6.33. The van der Waals surface area contributed by atoms with Gasteiger partial charge in [0.1, 0.15) is 12.4 Å². The molecule has 3 heteroatoms. The van der Waals surface area contributed by atoms with Gasteiger partial charge in [0.05, 0.1) is 12.7 Å². The Labute approximate surface area is 104 Å². The molecule has 0 saturated heterocycles. The van der Waals surface area contributed by atoms with Gasteiger partial charge in [-0.05, 0) is 38.6 Å². The molecule has 17 heavy (non-hydrogen) atoms. The third-order valence-corrected chi connectivity index (χ3v) is 2.48. The molecule has 0 aliphatic heterocycles. The number of benzene rings is 1. The molecule has 96 valence electrons. The number of hydrogen-bond acceptors (Lipinski definition) is 3. The van der Waals surface area contributed by atoms with E-state index in [-0.39, 0.29) is 6.10 Å². The summed E-state index contributed by atoms with van der Waals surface area (Å²) < 4.78 is 11.2. The van der Waals surface area contributed by atoms with Crippen LogP contribution in [0.5, 0.6) is 5.75 Å². The lowest BCUT2D eigenvalue weighted by atomic mass is 10.3. The molecule has 0 amide bonds. The van der Waals surface area contributed by atoms with Gasteiger partial charge in [0.25, 0.3) is 0 Å². The zero-order chi connectivity index (χ0) is 12.3. The van der Waals surface area contributed by atoms with Gasteiger partial charge in [-0.25, -0.2) is 0 Å². The maximum atomic E-state index is 5.65. The summed E-state index contributed by atoms with van der Waals surface area (Å²) in [6.07, 6.45) is 1.33. The molecule has 0 aliphatic carbocycles. The van der Waals surface area contributed by atoms with Crippen molar-refractivity contribution in [2.45, 2.75) is 26.4 Å². The van der Waals surface area contributed by atoms with Crippen molar-refractivity contribution < 1.29 is 9.47 Å². The van der Waals surface area contributed by atoms with E-state index in [4.69, 9.17) is 9.47 Å². The van der Waals surface area contributed by atoms with Gasteiger partial charge < -0.3 is 14.8 Å². The van der Waals surface area contributed by atoms with Crippen LogP contribution in [-0.2, 0) is 4.74 Å². The van der Waals surface area contributed by atoms with Crippen LogP contribution in [0.2, 0.25) is 0 Å². The van der Waals surface area contributed by atoms with Crippen LogP contribution in [0.15, 0.2) is 30.3 Å². The predicted octanol–water partition coefficient (Wildman–Crippen LogP) is 2.47. The van der Waals surface area contributed by atoms with Gasteiger partial charge in [0.2, 0.25) is 0 Å². The van der Waals surface area contributed by atoms with Crippen molar-refractivity contribution in [3.63, 3.8) is 0 Å². The maximum Gasteiger partial charge on any atom is 0.119 e. The fraction of sp³-hybridized carbons (Fsp3) is 0.571. The second-order valence-electron chi connectivity index (χ2n) is 3.99. The molecule has 0 fully saturated rings. The smallest absolute Gasteiger partial charge is 0.119 e. The number of nitrogens with one attached hydrogen (secondary N) is 1. The van der Waals surface area contributed by atoms with Crippen molar-refractivity contribution in [3.05, 3.63) is 30.3 Å². The van der Waals surface area contributed by atoms with E-state index in [1.165, 1.54) is 0 Å². The minimum Gasteiger partial charge on any atom is -0.491 e. The highest BCUT2D eigenvalue weighted by Gasteiger charge is 2.01. The van der Waals surface area contributed by atoms with Gasteiger partial charge >= 0.3 is 0 Å². The van der Waals surface area contributed by atoms with Gasteiger partial charge in [-0.2, -0.15) is 0 Å². The zero-order valence-corrected chi connectivity index (χ0v) is 10.8. The number of ether oxygens (including phenoxy) is 2. The molecule has 3 nitrogen and oxygen atoms in total. The molecule has 0 radical (unpaired) electrons. The Morgan fingerprint density at radius 1 is 1.18 bits per heavy atom. The second-order valence-corrected chi connectivity index (χ2v) is 3.99. The van der Waals surface area contributed by atoms with Crippen molar-refractivity contribution in [3.8, 4) is 5.75 Å². The van der Waals surface area contributed by atoms with E-state index in [1.54, 1.807) is 0 Å². The van der Waals surface area contributed by atoms with E-state index >= 15 is 0 Å². The molecule has 0 aromatic heterocycles. The summed E-state index contributed by atoms with van der Waals surface area (Å²) in [5, 5.41) is 3.28. The highest BCUT2D eigenvalue weighted by molar-refractivity contribution is 5.20. The molecule has 1 aromatic rings. The fourth-order valence-corrected chi connectivity index (χ4v) is 1.49. The summed E-state index contributed by atoms with van der Waals surface area (Å²) in [4.78, 5) is 0. The average Bonchev–Trinajstić information content (AvgIpc) is 2.36. The van der Waals surface area contributed by atoms with Crippen LogP contribution in [0.3, 0.4) is 0 Å². The zero-order valence-electron chi connectivity index (χ0n) is 10.8. The quantitative estimate of drug-likeness (QED) is 0.669. The topological polar surface area (TPSA) is 30.5 Å². The molecule has 1 atom stereocenters. The van der Waals surface area contributed by atoms with Crippen molar-refractivity contribution in [1.82, 2.24) is 5.32 Å². The normalized spacial score (nSPS) is 12.4. The molecule has 1 unspecified atom stereocenters. The van der Waals surface area contributed by atoms with E-state index in [1.807, 2.05) is 30.3 Å². The lowest BCUT2D eigenvalue weighted by molar-refractivity contribution is 0.0402. The predicted molar refractivity (Wildman–Crippen MR) is 70.5 cm³/mol. The number of rotatable bonds is 9. The number of para-hydroxylation sites is 1. The molecule has 0 heterocycles. The Hall–Kier alpha value is -1.06. The Kier molecular flexibility index (Phi) is 7.43. The lowest BCUT2D eigenvalue weighted by Gasteiger charge is -2.13. The molecular weight excluding hydrogens is 214 g/mol. The van der Waals surface area contributed by atoms with E-state index in [0.29, 0.717) is 13.2 Å². The summed E-state index contributed by atoms with van der Waals surface area (Å²) >= 11 is 0. The third-order valence-electron chi connectivity index (χ3n) is 2.48. The largest absolute Gasteiger partial charge is 0.491 e. The van der Waals surface area contributed by atoms with E-state index in [0.717, 1.165) is 25.3 Å². The standard InChI is InChI=1S/C14H23NO2/c1-3-15-10-9-13(2)16-11-12-17-14-7-5-4-6-8-14/h4-8,13,15H,3,9-12H2,1-2H3. The van der Waals surface area contributed by atoms with Crippen molar-refractivity contribution in [2.24, 2.45) is 0 Å². The second kappa shape index (κ2) is 9.02. The summed E-state index contributed by atoms with van der Waals surface area (Å²) in [5.74, 6) is 0.899. The molecule has 1 rings (SSSR count). The van der Waals surface area contributed by atoms with E-state index in [2.05, 4.69) is 19.2 Å². The molecule has 0 aliphatic rings. The average molecular weight is 237 g/mol. The van der Waals surface area contributed by atoms with Gasteiger partial charge in [0.15, 0.2) is 0 Å². The van der Waals surface area contributed by atoms with Crippen molar-refractivity contribution >= 4 is 0 Å². The van der Waals surface area contributed by atoms with Crippen LogP contribution in [0.1, 0.15) is 20.3 Å². The van der Waals surface area contributed by atoms with Crippen LogP contribution in [0, 0.1) is 0 Å². The van der Waals surface area contributed by atoms with Gasteiger partial charge in [-0.15, -0.1) is 0 Å². The highest BCUT2D eigenvalue weighted by Crippen LogP contribution is 2.07. The van der Waals surface area contributed by atoms with Crippen molar-refractivity contribution in [1.29, 1.82) is 0 Å². The van der Waals surface area contributed by atoms with Gasteiger partial charge in [-0.1, -0.05) is 25.1 Å². The summed E-state index contributed by atoms with van der Waals surface area (Å²) in [6.45, 7) is 7.48. The minimum atomic E-state index is 0.286. The van der Waals surface area contributed by atoms with Gasteiger partial charge in [-0.3, -0.25) is 0 Å². The Morgan fingerprint density at radius 2 is 1.94 bits per heavy atom. The number of hydrogen-bond donors (Lipinski definition) is 1. The Balaban J connectivity index is 2.00. The van der Waals surface area contributed by atoms with Crippen LogP contribution >= 0.6 is 0 Å². The molecule has 0 bridgehead atoms. The molecule has 1 aromatic carbocycles.